The van der Waals surface area contributed by atoms with Gasteiger partial charge in [0.15, 0.2) is 12.1 Å². The topological polar surface area (TPSA) is 116 Å². The third-order valence-corrected chi connectivity index (χ3v) is 7.16. The molecule has 0 bridgehead atoms. The van der Waals surface area contributed by atoms with Crippen molar-refractivity contribution in [1.29, 1.82) is 0 Å². The third-order valence-electron chi connectivity index (χ3n) is 5.18. The molecule has 2 aliphatic heterocycles. The van der Waals surface area contributed by atoms with Crippen molar-refractivity contribution in [3.05, 3.63) is 71.8 Å². The average Bonchev–Trinajstić information content (AvgIpc) is 2.76. The quantitative estimate of drug-likeness (QED) is 0.388. The summed E-state index contributed by atoms with van der Waals surface area (Å²) in [7, 11) is -3.86. The van der Waals surface area contributed by atoms with E-state index in [-0.39, 0.29) is 5.75 Å². The van der Waals surface area contributed by atoms with E-state index in [9.17, 15) is 18.0 Å². The second-order valence-corrected chi connectivity index (χ2v) is 10.2. The number of rotatable bonds is 6. The van der Waals surface area contributed by atoms with E-state index in [4.69, 9.17) is 14.7 Å². The molecular formula is C21H22N2O6S2. The van der Waals surface area contributed by atoms with E-state index in [0.717, 1.165) is 17.4 Å². The zero-order valence-corrected chi connectivity index (χ0v) is 18.3. The average molecular weight is 463 g/mol. The fourth-order valence-corrected chi connectivity index (χ4v) is 5.86. The molecular weight excluding hydrogens is 440 g/mol. The molecule has 0 spiro atoms. The van der Waals surface area contributed by atoms with Gasteiger partial charge >= 0.3 is 5.97 Å². The lowest BCUT2D eigenvalue weighted by Crippen LogP contribution is -2.75. The van der Waals surface area contributed by atoms with E-state index in [1.165, 1.54) is 16.7 Å². The van der Waals surface area contributed by atoms with Crippen molar-refractivity contribution in [3.63, 3.8) is 0 Å². The van der Waals surface area contributed by atoms with Crippen molar-refractivity contribution < 1.29 is 26.9 Å². The van der Waals surface area contributed by atoms with Crippen molar-refractivity contribution in [2.75, 3.05) is 12.0 Å². The molecule has 4 atom stereocenters. The monoisotopic (exact) mass is 462 g/mol. The zero-order valence-electron chi connectivity index (χ0n) is 16.7. The Morgan fingerprint density at radius 3 is 2.16 bits per heavy atom. The van der Waals surface area contributed by atoms with Crippen molar-refractivity contribution in [1.82, 2.24) is 4.90 Å². The summed E-state index contributed by atoms with van der Waals surface area (Å²) in [6.45, 7) is 0. The maximum absolute atomic E-state index is 13.4. The minimum atomic E-state index is -3.86. The first kappa shape index (κ1) is 21.8. The Morgan fingerprint density at radius 2 is 1.65 bits per heavy atom. The Morgan fingerprint density at radius 1 is 1.10 bits per heavy atom. The molecule has 0 saturated carbocycles. The third kappa shape index (κ3) is 4.47. The van der Waals surface area contributed by atoms with Crippen molar-refractivity contribution >= 4 is 33.8 Å². The van der Waals surface area contributed by atoms with Crippen LogP contribution in [0, 0.1) is 0 Å². The van der Waals surface area contributed by atoms with Gasteiger partial charge in [-0.25, -0.2) is 4.79 Å². The fourth-order valence-electron chi connectivity index (χ4n) is 3.79. The molecule has 31 heavy (non-hydrogen) atoms. The van der Waals surface area contributed by atoms with Gasteiger partial charge < -0.3 is 15.4 Å². The first-order valence-corrected chi connectivity index (χ1v) is 12.5. The van der Waals surface area contributed by atoms with Crippen LogP contribution < -0.4 is 5.73 Å². The first-order chi connectivity index (χ1) is 14.8. The van der Waals surface area contributed by atoms with Crippen LogP contribution in [-0.2, 0) is 28.6 Å². The van der Waals surface area contributed by atoms with Gasteiger partial charge in [0.2, 0.25) is 5.91 Å². The number of esters is 1. The number of thioether (sulfide) groups is 1. The molecule has 0 aromatic heterocycles. The second-order valence-electron chi connectivity index (χ2n) is 7.42. The van der Waals surface area contributed by atoms with Crippen LogP contribution in [0.2, 0.25) is 0 Å². The number of amides is 1. The maximum atomic E-state index is 13.4. The molecule has 164 valence electrons. The Bertz CT molecular complexity index is 1020. The van der Waals surface area contributed by atoms with Gasteiger partial charge in [-0.3, -0.25) is 8.98 Å². The molecule has 10 heteroatoms. The van der Waals surface area contributed by atoms with Gasteiger partial charge in [-0.1, -0.05) is 60.7 Å². The normalized spacial score (nSPS) is 25.6. The van der Waals surface area contributed by atoms with E-state index in [0.29, 0.717) is 0 Å². The fraction of sp³-hybridized carbons (Fsp3) is 0.333. The predicted octanol–water partition coefficient (Wildman–Crippen LogP) is 1.28. The number of carbonyl (C=O) groups is 2. The lowest BCUT2D eigenvalue weighted by molar-refractivity contribution is -0.171. The summed E-state index contributed by atoms with van der Waals surface area (Å²) in [6.07, 6.45) is -0.883. The molecule has 2 aromatic carbocycles. The first-order valence-electron chi connectivity index (χ1n) is 9.64. The number of fused-ring (bicyclic) bond motifs is 1. The number of benzene rings is 2. The van der Waals surface area contributed by atoms with E-state index in [1.807, 2.05) is 60.7 Å². The highest BCUT2D eigenvalue weighted by Gasteiger charge is 2.57. The largest absolute Gasteiger partial charge is 0.451 e. The summed E-state index contributed by atoms with van der Waals surface area (Å²) in [4.78, 5) is 27.1. The number of hydrogen-bond donors (Lipinski definition) is 1. The highest BCUT2D eigenvalue weighted by molar-refractivity contribution is 8.00. The van der Waals surface area contributed by atoms with Crippen molar-refractivity contribution in [3.8, 4) is 0 Å². The zero-order chi connectivity index (χ0) is 22.2. The van der Waals surface area contributed by atoms with Gasteiger partial charge in [-0.15, -0.1) is 11.8 Å². The molecule has 1 amide bonds. The van der Waals surface area contributed by atoms with Crippen molar-refractivity contribution in [2.24, 2.45) is 5.73 Å². The summed E-state index contributed by atoms with van der Waals surface area (Å²) in [5.74, 6) is -0.981. The second kappa shape index (κ2) is 8.62. The van der Waals surface area contributed by atoms with Crippen LogP contribution >= 0.6 is 11.8 Å². The molecule has 2 N–H and O–H groups in total. The van der Waals surface area contributed by atoms with Crippen LogP contribution in [-0.4, -0.2) is 60.8 Å². The number of ether oxygens (including phenoxy) is 1. The van der Waals surface area contributed by atoms with E-state index < -0.39 is 51.7 Å². The minimum Gasteiger partial charge on any atom is -0.451 e. The lowest BCUT2D eigenvalue weighted by Gasteiger charge is -2.52. The van der Waals surface area contributed by atoms with E-state index in [2.05, 4.69) is 0 Å². The smallest absolute Gasteiger partial charge is 0.332 e. The predicted molar refractivity (Wildman–Crippen MR) is 115 cm³/mol. The Hall–Kier alpha value is -2.40. The van der Waals surface area contributed by atoms with Gasteiger partial charge in [0.25, 0.3) is 10.1 Å². The molecule has 2 heterocycles. The Balaban J connectivity index is 1.66. The molecule has 0 radical (unpaired) electrons. The summed E-state index contributed by atoms with van der Waals surface area (Å²) >= 11 is 1.29. The highest BCUT2D eigenvalue weighted by atomic mass is 32.2. The van der Waals surface area contributed by atoms with Crippen LogP contribution in [0.25, 0.3) is 0 Å². The molecule has 8 nitrogen and oxygen atoms in total. The standard InChI is InChI=1S/C21H22N2O6S2/c1-31(26,27)29-15-12-30-20-16(22)19(24)23(20)17(15)21(25)28-18(13-8-4-2-5-9-13)14-10-6-3-7-11-14/h2-11,15-18,20H,12,22H2,1H3/t15-,16+,17+,20+/m0/s1. The summed E-state index contributed by atoms with van der Waals surface area (Å²) in [6, 6.07) is 16.4. The molecule has 0 aliphatic carbocycles. The van der Waals surface area contributed by atoms with E-state index >= 15 is 0 Å². The van der Waals surface area contributed by atoms with Crippen LogP contribution in [0.5, 0.6) is 0 Å². The number of β-lactam (4-membered cyclic amide) rings is 1. The number of carbonyl (C=O) groups excluding carboxylic acids is 2. The van der Waals surface area contributed by atoms with Crippen molar-refractivity contribution in [2.45, 2.75) is 29.7 Å². The van der Waals surface area contributed by atoms with Gasteiger partial charge in [-0.2, -0.15) is 8.42 Å². The highest BCUT2D eigenvalue weighted by Crippen LogP contribution is 2.40. The van der Waals surface area contributed by atoms with Gasteiger partial charge in [0, 0.05) is 5.75 Å². The van der Waals surface area contributed by atoms with Crippen LogP contribution in [0.3, 0.4) is 0 Å². The van der Waals surface area contributed by atoms with Crippen LogP contribution in [0.15, 0.2) is 60.7 Å². The molecule has 2 aliphatic rings. The maximum Gasteiger partial charge on any atom is 0.332 e. The molecule has 2 saturated heterocycles. The SMILES string of the molecule is CS(=O)(=O)O[C@H]1CS[C@@H]2[C@H](N)C(=O)N2[C@H]1C(=O)OC(c1ccccc1)c1ccccc1. The molecule has 2 aromatic rings. The summed E-state index contributed by atoms with van der Waals surface area (Å²) in [5, 5.41) is -0.420. The van der Waals surface area contributed by atoms with E-state index in [1.54, 1.807) is 0 Å². The van der Waals surface area contributed by atoms with Gasteiger partial charge in [-0.05, 0) is 11.1 Å². The van der Waals surface area contributed by atoms with Crippen LogP contribution in [0.4, 0.5) is 0 Å². The molecule has 2 fully saturated rings. The van der Waals surface area contributed by atoms with Gasteiger partial charge in [0.1, 0.15) is 17.5 Å². The number of nitrogens with zero attached hydrogens (tertiary/aromatic N) is 1. The minimum absolute atomic E-state index is 0.191. The Kier molecular flexibility index (Phi) is 6.07. The number of hydrogen-bond acceptors (Lipinski definition) is 8. The molecule has 0 unspecified atom stereocenters. The van der Waals surface area contributed by atoms with Crippen LogP contribution in [0.1, 0.15) is 17.2 Å². The molecule has 4 rings (SSSR count). The number of nitrogens with two attached hydrogens (primary N) is 1. The van der Waals surface area contributed by atoms with Gasteiger partial charge in [0.05, 0.1) is 6.26 Å². The lowest BCUT2D eigenvalue weighted by atomic mass is 9.99. The summed E-state index contributed by atoms with van der Waals surface area (Å²) in [5.41, 5.74) is 7.36. The Labute approximate surface area is 184 Å². The summed E-state index contributed by atoms with van der Waals surface area (Å²) < 4.78 is 34.6.